The van der Waals surface area contributed by atoms with Gasteiger partial charge in [-0.3, -0.25) is 0 Å². The van der Waals surface area contributed by atoms with Crippen molar-refractivity contribution < 1.29 is 8.85 Å². The number of hydrogen-bond donors (Lipinski definition) is 0. The predicted molar refractivity (Wildman–Crippen MR) is 350 cm³/mol. The van der Waals surface area contributed by atoms with Crippen LogP contribution in [0.1, 0.15) is 126 Å². The quantitative estimate of drug-likeness (QED) is 0.0860. The first-order valence-corrected chi connectivity index (χ1v) is 31.4. The van der Waals surface area contributed by atoms with Crippen LogP contribution in [0.15, 0.2) is 157 Å². The second kappa shape index (κ2) is 20.2. The summed E-state index contributed by atoms with van der Waals surface area (Å²) >= 11 is 29.0. The van der Waals surface area contributed by atoms with Crippen molar-refractivity contribution in [2.45, 2.75) is 126 Å². The second-order valence-electron chi connectivity index (χ2n) is 25.8. The number of hydrogen-bond acceptors (Lipinski definition) is 5. The van der Waals surface area contributed by atoms with E-state index in [1.807, 2.05) is 0 Å². The van der Waals surface area contributed by atoms with Crippen molar-refractivity contribution in [3.63, 3.8) is 0 Å². The molecule has 3 heterocycles. The molecular weight excluding hydrogens is 1100 g/mol. The van der Waals surface area contributed by atoms with Crippen LogP contribution in [0.4, 0.5) is 39.8 Å². The first-order chi connectivity index (χ1) is 38.2. The van der Waals surface area contributed by atoms with Crippen LogP contribution in [0, 0.1) is 0 Å². The molecule has 2 aliphatic heterocycles. The third kappa shape index (κ3) is 9.49. The van der Waals surface area contributed by atoms with E-state index < -0.39 is 8.56 Å². The minimum absolute atomic E-state index is 0.0541. The predicted octanol–water partition coefficient (Wildman–Crippen LogP) is 20.6. The maximum atomic E-state index is 7.97. The molecule has 0 saturated carbocycles. The summed E-state index contributed by atoms with van der Waals surface area (Å²) in [5.74, 6) is 0.514. The lowest BCUT2D eigenvalue weighted by molar-refractivity contribution is 0.493. The molecule has 0 atom stereocenters. The molecule has 0 bridgehead atoms. The van der Waals surface area contributed by atoms with E-state index in [1.165, 1.54) is 16.7 Å². The van der Waals surface area contributed by atoms with E-state index in [0.717, 1.165) is 88.9 Å². The van der Waals surface area contributed by atoms with E-state index in [-0.39, 0.29) is 53.2 Å². The molecule has 0 fully saturated rings. The van der Waals surface area contributed by atoms with Crippen LogP contribution < -0.4 is 33.9 Å². The number of benzene rings is 8. The Kier molecular flexibility index (Phi) is 14.1. The summed E-state index contributed by atoms with van der Waals surface area (Å²) in [6.45, 7) is 34.2. The maximum Gasteiger partial charge on any atom is 0.540 e. The Hall–Kier alpha value is -6.32. The summed E-state index contributed by atoms with van der Waals surface area (Å²) in [6, 6.07) is 53.8. The molecule has 0 aliphatic carbocycles. The highest BCUT2D eigenvalue weighted by molar-refractivity contribution is 6.99. The van der Waals surface area contributed by atoms with Gasteiger partial charge >= 0.3 is 8.56 Å². The zero-order chi connectivity index (χ0) is 58.0. The van der Waals surface area contributed by atoms with Gasteiger partial charge in [0.15, 0.2) is 11.5 Å². The molecule has 11 rings (SSSR count). The lowest BCUT2D eigenvalue weighted by atomic mass is 9.85. The number of allylic oxidation sites excluding steroid dienone is 2. The molecule has 0 unspecified atom stereocenters. The van der Waals surface area contributed by atoms with Crippen LogP contribution in [0.2, 0.25) is 20.1 Å². The van der Waals surface area contributed by atoms with Gasteiger partial charge in [-0.1, -0.05) is 208 Å². The van der Waals surface area contributed by atoms with Crippen molar-refractivity contribution in [2.75, 3.05) is 21.2 Å². The number of aromatic nitrogens is 1. The molecule has 1 aromatic heterocycles. The second-order valence-corrected chi connectivity index (χ2v) is 30.0. The molecule has 11 heteroatoms. The van der Waals surface area contributed by atoms with E-state index in [0.29, 0.717) is 6.54 Å². The minimum Gasteiger partial charge on any atom is -0.501 e. The van der Waals surface area contributed by atoms with Crippen LogP contribution in [-0.4, -0.2) is 19.7 Å². The Labute approximate surface area is 500 Å². The van der Waals surface area contributed by atoms with E-state index >= 15 is 0 Å². The van der Waals surface area contributed by atoms with Crippen molar-refractivity contribution in [1.82, 2.24) is 4.57 Å². The monoisotopic (exact) mass is 1170 g/mol. The molecule has 0 saturated heterocycles. The Morgan fingerprint density at radius 1 is 0.494 bits per heavy atom. The van der Waals surface area contributed by atoms with Crippen LogP contribution in [0.3, 0.4) is 0 Å². The number of fused-ring (bicyclic) bond motifs is 8. The van der Waals surface area contributed by atoms with Crippen LogP contribution >= 0.6 is 46.4 Å². The molecule has 2 aliphatic rings. The van der Waals surface area contributed by atoms with Gasteiger partial charge in [-0.25, -0.2) is 0 Å². The van der Waals surface area contributed by atoms with Gasteiger partial charge in [0.1, 0.15) is 10.0 Å². The topological polar surface area (TPSA) is 33.1 Å². The van der Waals surface area contributed by atoms with Gasteiger partial charge in [-0.15, -0.1) is 0 Å². The molecular formula is C70H72Cl4N4O2Si. The molecule has 9 aromatic rings. The average Bonchev–Trinajstić information content (AvgIpc) is 2.57. The van der Waals surface area contributed by atoms with Crippen molar-refractivity contribution in [2.24, 2.45) is 0 Å². The van der Waals surface area contributed by atoms with E-state index in [4.69, 9.17) is 55.3 Å². The summed E-state index contributed by atoms with van der Waals surface area (Å²) in [5.41, 5.74) is 14.9. The molecule has 1 spiro atoms. The van der Waals surface area contributed by atoms with E-state index in [9.17, 15) is 0 Å². The van der Waals surface area contributed by atoms with Crippen molar-refractivity contribution in [3.05, 3.63) is 200 Å². The van der Waals surface area contributed by atoms with Crippen molar-refractivity contribution in [1.29, 1.82) is 0 Å². The number of rotatable bonds is 8. The first kappa shape index (κ1) is 56.5. The average molecular weight is 1170 g/mol. The highest BCUT2D eigenvalue weighted by Gasteiger charge is 2.63. The summed E-state index contributed by atoms with van der Waals surface area (Å²) in [5, 5.41) is 4.50. The third-order valence-electron chi connectivity index (χ3n) is 16.3. The molecule has 416 valence electrons. The van der Waals surface area contributed by atoms with E-state index in [1.54, 1.807) is 0 Å². The van der Waals surface area contributed by atoms with Crippen molar-refractivity contribution in [3.8, 4) is 17.2 Å². The van der Waals surface area contributed by atoms with Crippen LogP contribution in [0.5, 0.6) is 11.5 Å². The van der Waals surface area contributed by atoms with Crippen LogP contribution in [-0.2, 0) is 21.7 Å². The normalized spacial score (nSPS) is 14.3. The Morgan fingerprint density at radius 3 is 1.38 bits per heavy atom. The fourth-order valence-corrected chi connectivity index (χ4v) is 16.5. The lowest BCUT2D eigenvalue weighted by Crippen LogP contribution is -2.71. The smallest absolute Gasteiger partial charge is 0.501 e. The van der Waals surface area contributed by atoms with Gasteiger partial charge in [0.2, 0.25) is 0 Å². The van der Waals surface area contributed by atoms with E-state index in [2.05, 4.69) is 275 Å². The molecule has 6 nitrogen and oxygen atoms in total. The Bertz CT molecular complexity index is 3900. The Balaban J connectivity index is 1.38. The number of halogens is 4. The third-order valence-corrected chi connectivity index (χ3v) is 21.4. The largest absolute Gasteiger partial charge is 0.540 e. The summed E-state index contributed by atoms with van der Waals surface area (Å²) in [4.78, 5) is 7.23. The minimum atomic E-state index is -4.37. The van der Waals surface area contributed by atoms with Gasteiger partial charge in [0.25, 0.3) is 0 Å². The standard InChI is InChI=1S/C70H72Cl4N4O2Si/c1-16-42(3)76(48-34-28-44(29-35-48)68(7,8)9)57-40-50(78-53-24-20-18-22-51(53)52-23-19-21-25-54(52)78)41-58-66(57)81(79-63-61(73)59(71)60(72)62(74)64(63)80-81)65-55(75(17-2)47-32-26-43(27-33-47)67(4,5)6)38-46(70(13,14)15)39-56(65)77(58)49-36-30-45(31-37-49)69(10,11)12/h16,18-41H,17H2,1-15H3/b42-16+. The van der Waals surface area contributed by atoms with Gasteiger partial charge < -0.3 is 28.1 Å². The van der Waals surface area contributed by atoms with Gasteiger partial charge in [-0.05, 0) is 137 Å². The van der Waals surface area contributed by atoms with Gasteiger partial charge in [0.05, 0.1) is 59.9 Å². The maximum absolute atomic E-state index is 7.97. The SMILES string of the molecule is C/C=C(\C)N(c1ccc(C(C)(C)C)cc1)c1cc(-n2c3ccccc3c3ccccc32)cc2c1[Si]1(Oc3c(Cl)c(Cl)c(Cl)c(Cl)c3O1)c1c(N(CC)c3ccc(C(C)(C)C)cc3)cc(C(C)(C)C)cc1N2c1ccc(C(C)(C)C)cc1. The lowest BCUT2D eigenvalue weighted by Gasteiger charge is -2.45. The zero-order valence-corrected chi connectivity index (χ0v) is 53.3. The highest BCUT2D eigenvalue weighted by atomic mass is 35.5. The molecule has 0 amide bonds. The fourth-order valence-electron chi connectivity index (χ4n) is 11.7. The summed E-state index contributed by atoms with van der Waals surface area (Å²) < 4.78 is 18.3. The zero-order valence-electron chi connectivity index (χ0n) is 49.3. The first-order valence-electron chi connectivity index (χ1n) is 28.1. The summed E-state index contributed by atoms with van der Waals surface area (Å²) in [6.07, 6.45) is 2.17. The molecule has 8 aromatic carbocycles. The Morgan fingerprint density at radius 2 is 0.926 bits per heavy atom. The highest BCUT2D eigenvalue weighted by Crippen LogP contribution is 2.58. The molecule has 81 heavy (non-hydrogen) atoms. The fraction of sp³-hybridized carbons (Fsp3) is 0.286. The number of para-hydroxylation sites is 2. The van der Waals surface area contributed by atoms with Crippen LogP contribution in [0.25, 0.3) is 27.5 Å². The number of nitrogens with zero attached hydrogens (tertiary/aromatic N) is 4. The van der Waals surface area contributed by atoms with Gasteiger partial charge in [0, 0.05) is 40.1 Å². The number of anilines is 7. The van der Waals surface area contributed by atoms with Gasteiger partial charge in [-0.2, -0.15) is 0 Å². The molecule has 0 N–H and O–H groups in total. The summed E-state index contributed by atoms with van der Waals surface area (Å²) in [7, 11) is -4.37. The molecule has 0 radical (unpaired) electrons. The van der Waals surface area contributed by atoms with Crippen molar-refractivity contribution >= 4 is 127 Å².